The monoisotopic (exact) mass is 458 g/mol. The highest BCUT2D eigenvalue weighted by Crippen LogP contribution is 2.43. The molecule has 0 radical (unpaired) electrons. The van der Waals surface area contributed by atoms with Gasteiger partial charge in [-0.25, -0.2) is 0 Å². The van der Waals surface area contributed by atoms with E-state index in [-0.39, 0.29) is 6.54 Å². The lowest BCUT2D eigenvalue weighted by molar-refractivity contribution is -0.137. The maximum atomic E-state index is 11.9. The Morgan fingerprint density at radius 3 is 2.47 bits per heavy atom. The van der Waals surface area contributed by atoms with E-state index in [2.05, 4.69) is 12.1 Å². The second kappa shape index (κ2) is 8.03. The summed E-state index contributed by atoms with van der Waals surface area (Å²) < 4.78 is 23.4. The van der Waals surface area contributed by atoms with E-state index in [1.807, 2.05) is 47.2 Å². The molecule has 5 nitrogen and oxygen atoms in total. The first-order chi connectivity index (χ1) is 14.3. The highest BCUT2D eigenvalue weighted by atomic mass is 32.3. The number of hydrogen-bond acceptors (Lipinski definition) is 4. The molecule has 0 aliphatic heterocycles. The molecule has 1 unspecified atom stereocenters. The molecular formula is C22H20NO4S3+. The van der Waals surface area contributed by atoms with Gasteiger partial charge in [-0.15, -0.1) is 11.3 Å². The minimum absolute atomic E-state index is 0.113. The Kier molecular flexibility index (Phi) is 5.59. The Bertz CT molecular complexity index is 1270. The van der Waals surface area contributed by atoms with Crippen LogP contribution in [0.1, 0.15) is 5.69 Å². The second-order valence-electron chi connectivity index (χ2n) is 6.95. The van der Waals surface area contributed by atoms with Crippen LogP contribution in [0.2, 0.25) is 0 Å². The van der Waals surface area contributed by atoms with E-state index < -0.39 is 16.2 Å². The first kappa shape index (κ1) is 20.9. The fourth-order valence-electron chi connectivity index (χ4n) is 3.47. The van der Waals surface area contributed by atoms with Gasteiger partial charge in [-0.1, -0.05) is 34.2 Å². The summed E-state index contributed by atoms with van der Waals surface area (Å²) in [5.74, 6) is -0.891. The van der Waals surface area contributed by atoms with Crippen molar-refractivity contribution in [2.75, 3.05) is 6.26 Å². The van der Waals surface area contributed by atoms with Crippen molar-refractivity contribution in [2.24, 2.45) is 0 Å². The third-order valence-electron chi connectivity index (χ3n) is 4.85. The zero-order chi connectivity index (χ0) is 21.5. The van der Waals surface area contributed by atoms with Crippen LogP contribution in [0.25, 0.3) is 21.3 Å². The van der Waals surface area contributed by atoms with Crippen LogP contribution in [-0.4, -0.2) is 26.5 Å². The maximum Gasteiger partial charge on any atom is 0.323 e. The van der Waals surface area contributed by atoms with E-state index in [0.717, 1.165) is 36.8 Å². The number of aromatic nitrogens is 1. The first-order valence-corrected chi connectivity index (χ1v) is 12.7. The van der Waals surface area contributed by atoms with Gasteiger partial charge in [0.15, 0.2) is 4.90 Å². The standard InChI is InChI=1S/C22H19NO4S3/c1-14-22(29-15-8-10-16(11-9-15)30(2,26)27)21-17(19-7-4-12-28-19)5-3-6-18(21)23(14)13-20(24)25/h3-12H,13H2,1-2H3,(H-,24,25,26,27)/p+1. The number of fused-ring (bicyclic) bond motifs is 1. The summed E-state index contributed by atoms with van der Waals surface area (Å²) in [4.78, 5) is 14.9. The van der Waals surface area contributed by atoms with Gasteiger partial charge in [0.2, 0.25) is 10.2 Å². The molecule has 4 aromatic rings. The van der Waals surface area contributed by atoms with Crippen molar-refractivity contribution in [1.82, 2.24) is 4.57 Å². The van der Waals surface area contributed by atoms with Gasteiger partial charge in [0.25, 0.3) is 0 Å². The summed E-state index contributed by atoms with van der Waals surface area (Å²) in [6.07, 6.45) is 1.30. The molecule has 2 heterocycles. The van der Waals surface area contributed by atoms with Gasteiger partial charge in [-0.2, -0.15) is 4.55 Å². The number of thiophene rings is 1. The summed E-state index contributed by atoms with van der Waals surface area (Å²) in [7, 11) is -3.01. The summed E-state index contributed by atoms with van der Waals surface area (Å²) in [6, 6.07) is 17.0. The van der Waals surface area contributed by atoms with Crippen LogP contribution < -0.4 is 0 Å². The molecule has 1 atom stereocenters. The van der Waals surface area contributed by atoms with Crippen LogP contribution in [0.5, 0.6) is 0 Å². The topological polar surface area (TPSA) is 79.5 Å². The molecule has 8 heteroatoms. The first-order valence-electron chi connectivity index (χ1n) is 9.13. The van der Waals surface area contributed by atoms with Crippen molar-refractivity contribution in [3.05, 3.63) is 65.7 Å². The zero-order valence-electron chi connectivity index (χ0n) is 16.4. The molecule has 154 valence electrons. The minimum Gasteiger partial charge on any atom is -0.480 e. The number of hydrogen-bond donors (Lipinski definition) is 2. The average molecular weight is 459 g/mol. The number of carbonyl (C=O) groups is 1. The van der Waals surface area contributed by atoms with Gasteiger partial charge in [0.1, 0.15) is 12.8 Å². The normalized spacial score (nSPS) is 13.4. The van der Waals surface area contributed by atoms with E-state index in [9.17, 15) is 18.7 Å². The molecule has 0 bridgehead atoms. The van der Waals surface area contributed by atoms with Crippen LogP contribution in [0.4, 0.5) is 0 Å². The lowest BCUT2D eigenvalue weighted by Gasteiger charge is -2.06. The number of rotatable bonds is 6. The number of aliphatic carboxylic acids is 1. The van der Waals surface area contributed by atoms with E-state index in [1.165, 1.54) is 18.0 Å². The largest absolute Gasteiger partial charge is 0.480 e. The lowest BCUT2D eigenvalue weighted by Crippen LogP contribution is -2.09. The number of carboxylic acids is 1. The summed E-state index contributed by atoms with van der Waals surface area (Å²) in [6.45, 7) is 1.82. The van der Waals surface area contributed by atoms with E-state index in [1.54, 1.807) is 23.5 Å². The van der Waals surface area contributed by atoms with Crippen LogP contribution in [0.15, 0.2) is 74.7 Å². The molecule has 0 amide bonds. The molecular weight excluding hydrogens is 438 g/mol. The number of carboxylic acid groups (broad SMARTS) is 1. The Balaban J connectivity index is 1.89. The minimum atomic E-state index is -3.01. The van der Waals surface area contributed by atoms with Gasteiger partial charge < -0.3 is 9.67 Å². The van der Waals surface area contributed by atoms with Crippen molar-refractivity contribution >= 4 is 50.2 Å². The Labute approximate surface area is 183 Å². The molecule has 4 rings (SSSR count). The third-order valence-corrected chi connectivity index (χ3v) is 8.12. The van der Waals surface area contributed by atoms with Crippen molar-refractivity contribution in [3.63, 3.8) is 0 Å². The van der Waals surface area contributed by atoms with Gasteiger partial charge in [-0.05, 0) is 48.7 Å². The SMILES string of the molecule is Cc1c(Sc2ccc([S+](C)(=O)O)cc2)c2c(-c3cccs3)cccc2n1CC(=O)O. The van der Waals surface area contributed by atoms with Crippen LogP contribution >= 0.6 is 23.1 Å². The summed E-state index contributed by atoms with van der Waals surface area (Å²) in [5, 5.41) is 12.5. The molecule has 2 aromatic heterocycles. The molecule has 30 heavy (non-hydrogen) atoms. The van der Waals surface area contributed by atoms with Crippen molar-refractivity contribution in [3.8, 4) is 10.4 Å². The predicted octanol–water partition coefficient (Wildman–Crippen LogP) is 5.88. The van der Waals surface area contributed by atoms with Gasteiger partial charge >= 0.3 is 5.97 Å². The van der Waals surface area contributed by atoms with E-state index in [4.69, 9.17) is 0 Å². The number of nitrogens with zero attached hydrogens (tertiary/aromatic N) is 1. The molecule has 2 aromatic carbocycles. The molecule has 0 spiro atoms. The smallest absolute Gasteiger partial charge is 0.323 e. The fourth-order valence-corrected chi connectivity index (χ4v) is 5.95. The lowest BCUT2D eigenvalue weighted by atomic mass is 10.1. The zero-order valence-corrected chi connectivity index (χ0v) is 18.8. The maximum absolute atomic E-state index is 11.9. The quantitative estimate of drug-likeness (QED) is 0.353. The molecule has 0 saturated heterocycles. The van der Waals surface area contributed by atoms with Gasteiger partial charge in [0, 0.05) is 31.3 Å². The van der Waals surface area contributed by atoms with Crippen molar-refractivity contribution < 1.29 is 18.7 Å². The van der Waals surface area contributed by atoms with E-state index in [0.29, 0.717) is 4.90 Å². The van der Waals surface area contributed by atoms with Crippen molar-refractivity contribution in [1.29, 1.82) is 0 Å². The molecule has 0 saturated carbocycles. The average Bonchev–Trinajstić information content (AvgIpc) is 3.31. The van der Waals surface area contributed by atoms with E-state index >= 15 is 0 Å². The summed E-state index contributed by atoms with van der Waals surface area (Å²) >= 11 is 3.18. The van der Waals surface area contributed by atoms with Crippen LogP contribution in [0.3, 0.4) is 0 Å². The molecule has 0 aliphatic rings. The molecule has 0 aliphatic carbocycles. The highest BCUT2D eigenvalue weighted by Gasteiger charge is 2.23. The predicted molar refractivity (Wildman–Crippen MR) is 123 cm³/mol. The Morgan fingerprint density at radius 1 is 1.13 bits per heavy atom. The second-order valence-corrected chi connectivity index (χ2v) is 11.1. The van der Waals surface area contributed by atoms with Crippen molar-refractivity contribution in [2.45, 2.75) is 28.2 Å². The highest BCUT2D eigenvalue weighted by molar-refractivity contribution is 7.99. The molecule has 0 fully saturated rings. The van der Waals surface area contributed by atoms with Crippen LogP contribution in [0, 0.1) is 6.92 Å². The fraction of sp³-hybridized carbons (Fsp3) is 0.136. The third kappa shape index (κ3) is 3.96. The molecule has 2 N–H and O–H groups in total. The Morgan fingerprint density at radius 2 is 1.87 bits per heavy atom. The van der Waals surface area contributed by atoms with Crippen LogP contribution in [-0.2, 0) is 25.8 Å². The summed E-state index contributed by atoms with van der Waals surface area (Å²) in [5.41, 5.74) is 2.83. The number of benzene rings is 2. The van der Waals surface area contributed by atoms with Gasteiger partial charge in [0.05, 0.1) is 5.52 Å². The van der Waals surface area contributed by atoms with Gasteiger partial charge in [-0.3, -0.25) is 4.79 Å². The Hall–Kier alpha value is -2.39.